The van der Waals surface area contributed by atoms with Crippen LogP contribution >= 0.6 is 0 Å². The predicted octanol–water partition coefficient (Wildman–Crippen LogP) is 0.517. The molecule has 0 spiro atoms. The average Bonchev–Trinajstić information content (AvgIpc) is 2.81. The first kappa shape index (κ1) is 12.9. The molecule has 0 amide bonds. The number of rotatable bonds is 3. The predicted molar refractivity (Wildman–Crippen MR) is 64.5 cm³/mol. The average molecular weight is 268 g/mol. The minimum absolute atomic E-state index is 0.0975. The highest BCUT2D eigenvalue weighted by molar-refractivity contribution is 7.88. The first-order valence-electron chi connectivity index (χ1n) is 5.33. The number of esters is 1. The Labute approximate surface area is 107 Å². The molecule has 0 N–H and O–H groups in total. The SMILES string of the molecule is COC(=O)[C@]1(C(=O)c2ccccc2)OCCS1=O. The van der Waals surface area contributed by atoms with Crippen LogP contribution in [0.5, 0.6) is 0 Å². The number of benzene rings is 1. The Morgan fingerprint density at radius 2 is 2.00 bits per heavy atom. The molecule has 96 valence electrons. The second-order valence-electron chi connectivity index (χ2n) is 3.70. The zero-order chi connectivity index (χ0) is 13.2. The van der Waals surface area contributed by atoms with Gasteiger partial charge in [-0.25, -0.2) is 4.79 Å². The number of ether oxygens (including phenoxy) is 2. The Balaban J connectivity index is 2.46. The molecule has 2 atom stereocenters. The van der Waals surface area contributed by atoms with Gasteiger partial charge in [-0.3, -0.25) is 9.00 Å². The molecule has 0 saturated carbocycles. The fourth-order valence-corrected chi connectivity index (χ4v) is 3.13. The highest BCUT2D eigenvalue weighted by atomic mass is 32.2. The van der Waals surface area contributed by atoms with Crippen molar-refractivity contribution in [3.05, 3.63) is 35.9 Å². The van der Waals surface area contributed by atoms with Crippen LogP contribution in [0.1, 0.15) is 10.4 Å². The van der Waals surface area contributed by atoms with Crippen LogP contribution in [-0.4, -0.2) is 40.4 Å². The monoisotopic (exact) mass is 268 g/mol. The van der Waals surface area contributed by atoms with Crippen molar-refractivity contribution in [3.8, 4) is 0 Å². The van der Waals surface area contributed by atoms with Gasteiger partial charge in [-0.15, -0.1) is 0 Å². The van der Waals surface area contributed by atoms with Crippen molar-refractivity contribution in [2.24, 2.45) is 0 Å². The van der Waals surface area contributed by atoms with E-state index >= 15 is 0 Å². The lowest BCUT2D eigenvalue weighted by Gasteiger charge is -2.22. The van der Waals surface area contributed by atoms with E-state index in [9.17, 15) is 13.8 Å². The van der Waals surface area contributed by atoms with Gasteiger partial charge in [-0.1, -0.05) is 30.3 Å². The third-order valence-corrected chi connectivity index (χ3v) is 4.33. The number of carbonyl (C=O) groups excluding carboxylic acids is 2. The van der Waals surface area contributed by atoms with Gasteiger partial charge in [0, 0.05) is 5.56 Å². The molecule has 1 fully saturated rings. The number of ketones is 1. The van der Waals surface area contributed by atoms with E-state index in [4.69, 9.17) is 4.74 Å². The van der Waals surface area contributed by atoms with Crippen molar-refractivity contribution in [2.45, 2.75) is 4.93 Å². The molecular formula is C12H12O5S. The molecule has 0 aromatic heterocycles. The van der Waals surface area contributed by atoms with E-state index in [0.717, 1.165) is 7.11 Å². The van der Waals surface area contributed by atoms with Crippen LogP contribution in [-0.2, 0) is 25.1 Å². The van der Waals surface area contributed by atoms with Crippen LogP contribution < -0.4 is 0 Å². The van der Waals surface area contributed by atoms with Gasteiger partial charge in [0.1, 0.15) is 0 Å². The van der Waals surface area contributed by atoms with Crippen LogP contribution in [0, 0.1) is 0 Å². The van der Waals surface area contributed by atoms with Crippen molar-refractivity contribution < 1.29 is 23.3 Å². The standard InChI is InChI=1S/C12H12O5S/c1-16-11(14)12(17-7-8-18(12)15)10(13)9-5-3-2-4-6-9/h2-6H,7-8H2,1H3/t12-,18?/m1/s1. The highest BCUT2D eigenvalue weighted by Crippen LogP contribution is 2.29. The van der Waals surface area contributed by atoms with Crippen molar-refractivity contribution in [1.82, 2.24) is 0 Å². The van der Waals surface area contributed by atoms with Gasteiger partial charge >= 0.3 is 10.9 Å². The van der Waals surface area contributed by atoms with E-state index in [2.05, 4.69) is 4.74 Å². The molecule has 1 aromatic rings. The molecule has 1 aliphatic heterocycles. The van der Waals surface area contributed by atoms with Gasteiger partial charge < -0.3 is 9.47 Å². The Morgan fingerprint density at radius 3 is 2.50 bits per heavy atom. The summed E-state index contributed by atoms with van der Waals surface area (Å²) in [5.74, 6) is -1.38. The first-order chi connectivity index (χ1) is 8.63. The molecule has 0 radical (unpaired) electrons. The second kappa shape index (κ2) is 4.99. The maximum absolute atomic E-state index is 12.4. The zero-order valence-electron chi connectivity index (χ0n) is 9.75. The summed E-state index contributed by atoms with van der Waals surface area (Å²) in [6.45, 7) is 0.0975. The lowest BCUT2D eigenvalue weighted by Crippen LogP contribution is -2.50. The lowest BCUT2D eigenvalue weighted by molar-refractivity contribution is -0.152. The molecule has 1 heterocycles. The van der Waals surface area contributed by atoms with Crippen LogP contribution in [0.3, 0.4) is 0 Å². The van der Waals surface area contributed by atoms with E-state index in [1.54, 1.807) is 30.3 Å². The Kier molecular flexibility index (Phi) is 3.58. The Hall–Kier alpha value is -1.53. The zero-order valence-corrected chi connectivity index (χ0v) is 10.6. The van der Waals surface area contributed by atoms with Gasteiger partial charge in [-0.2, -0.15) is 0 Å². The topological polar surface area (TPSA) is 69.7 Å². The van der Waals surface area contributed by atoms with E-state index in [-0.39, 0.29) is 17.9 Å². The third-order valence-electron chi connectivity index (χ3n) is 2.68. The maximum Gasteiger partial charge on any atom is 0.360 e. The molecule has 1 saturated heterocycles. The largest absolute Gasteiger partial charge is 0.466 e. The highest BCUT2D eigenvalue weighted by Gasteiger charge is 2.57. The van der Waals surface area contributed by atoms with Gasteiger partial charge in [0.15, 0.2) is 0 Å². The fourth-order valence-electron chi connectivity index (χ4n) is 1.80. The van der Waals surface area contributed by atoms with Crippen molar-refractivity contribution in [1.29, 1.82) is 0 Å². The van der Waals surface area contributed by atoms with Crippen LogP contribution in [0.25, 0.3) is 0 Å². The van der Waals surface area contributed by atoms with Gasteiger partial charge in [-0.05, 0) is 0 Å². The van der Waals surface area contributed by atoms with Gasteiger partial charge in [0.05, 0.1) is 30.3 Å². The van der Waals surface area contributed by atoms with Gasteiger partial charge in [0.25, 0.3) is 0 Å². The van der Waals surface area contributed by atoms with E-state index in [1.807, 2.05) is 0 Å². The summed E-state index contributed by atoms with van der Waals surface area (Å²) in [5, 5.41) is 0. The first-order valence-corrected chi connectivity index (χ1v) is 6.65. The minimum Gasteiger partial charge on any atom is -0.466 e. The van der Waals surface area contributed by atoms with E-state index in [0.29, 0.717) is 0 Å². The molecule has 0 bridgehead atoms. The Morgan fingerprint density at radius 1 is 1.33 bits per heavy atom. The van der Waals surface area contributed by atoms with Gasteiger partial charge in [0.2, 0.25) is 5.78 Å². The molecule has 1 aromatic carbocycles. The quantitative estimate of drug-likeness (QED) is 0.454. The smallest absolute Gasteiger partial charge is 0.360 e. The number of Topliss-reactive ketones (excluding diaryl/α,β-unsaturated/α-hetero) is 1. The van der Waals surface area contributed by atoms with Crippen LogP contribution in [0.2, 0.25) is 0 Å². The fraction of sp³-hybridized carbons (Fsp3) is 0.333. The third kappa shape index (κ3) is 1.87. The number of carbonyl (C=O) groups is 2. The van der Waals surface area contributed by atoms with E-state index in [1.165, 1.54) is 0 Å². The van der Waals surface area contributed by atoms with Crippen molar-refractivity contribution in [3.63, 3.8) is 0 Å². The number of methoxy groups -OCH3 is 1. The molecule has 1 aliphatic rings. The number of hydrogen-bond acceptors (Lipinski definition) is 5. The summed E-state index contributed by atoms with van der Waals surface area (Å²) in [7, 11) is -0.586. The Bertz CT molecular complexity index is 498. The summed E-state index contributed by atoms with van der Waals surface area (Å²) in [6, 6.07) is 8.16. The molecule has 5 nitrogen and oxygen atoms in total. The summed E-state index contributed by atoms with van der Waals surface area (Å²) >= 11 is 0. The summed E-state index contributed by atoms with van der Waals surface area (Å²) in [5.41, 5.74) is 0.276. The van der Waals surface area contributed by atoms with Crippen LogP contribution in [0.4, 0.5) is 0 Å². The molecule has 6 heteroatoms. The molecule has 18 heavy (non-hydrogen) atoms. The van der Waals surface area contributed by atoms with E-state index < -0.39 is 27.5 Å². The summed E-state index contributed by atoms with van der Waals surface area (Å²) in [6.07, 6.45) is 0. The molecule has 2 rings (SSSR count). The summed E-state index contributed by atoms with van der Waals surface area (Å²) < 4.78 is 21.7. The number of hydrogen-bond donors (Lipinski definition) is 0. The van der Waals surface area contributed by atoms with Crippen molar-refractivity contribution >= 4 is 22.6 Å². The molecule has 1 unspecified atom stereocenters. The molecule has 0 aliphatic carbocycles. The minimum atomic E-state index is -2.00. The van der Waals surface area contributed by atoms with Crippen LogP contribution in [0.15, 0.2) is 30.3 Å². The molecular weight excluding hydrogens is 256 g/mol. The van der Waals surface area contributed by atoms with Crippen molar-refractivity contribution in [2.75, 3.05) is 19.5 Å². The maximum atomic E-state index is 12.4. The lowest BCUT2D eigenvalue weighted by atomic mass is 10.1. The second-order valence-corrected chi connectivity index (χ2v) is 5.38. The summed E-state index contributed by atoms with van der Waals surface area (Å²) in [4.78, 5) is 22.2. The normalized spacial score (nSPS) is 26.8.